The predicted octanol–water partition coefficient (Wildman–Crippen LogP) is 7.96. The van der Waals surface area contributed by atoms with Crippen LogP contribution in [0.15, 0.2) is 35.8 Å². The SMILES string of the molecule is CC1CCC(C2CCC(C(F)(F)OC3=CC(C)(CCI)C=C(O)C=C3)CC2)CC1. The van der Waals surface area contributed by atoms with Crippen molar-refractivity contribution >= 4 is 22.6 Å². The van der Waals surface area contributed by atoms with Crippen LogP contribution in [0.1, 0.15) is 71.6 Å². The lowest BCUT2D eigenvalue weighted by Gasteiger charge is -2.39. The van der Waals surface area contributed by atoms with Crippen molar-refractivity contribution in [3.05, 3.63) is 35.8 Å². The van der Waals surface area contributed by atoms with Crippen LogP contribution in [0.3, 0.4) is 0 Å². The van der Waals surface area contributed by atoms with Gasteiger partial charge in [0, 0.05) is 9.84 Å². The van der Waals surface area contributed by atoms with Gasteiger partial charge in [0.1, 0.15) is 11.5 Å². The number of aliphatic hydroxyl groups excluding tert-OH is 1. The molecule has 1 N–H and O–H groups in total. The molecule has 0 aromatic rings. The van der Waals surface area contributed by atoms with Gasteiger partial charge >= 0.3 is 6.11 Å². The summed E-state index contributed by atoms with van der Waals surface area (Å²) in [5.41, 5.74) is -0.490. The molecular formula is C24H35F2IO2. The second kappa shape index (κ2) is 9.69. The van der Waals surface area contributed by atoms with Crippen LogP contribution in [0.25, 0.3) is 0 Å². The summed E-state index contributed by atoms with van der Waals surface area (Å²) < 4.78 is 36.1. The minimum Gasteiger partial charge on any atom is -0.508 e. The van der Waals surface area contributed by atoms with E-state index < -0.39 is 17.4 Å². The predicted molar refractivity (Wildman–Crippen MR) is 122 cm³/mol. The zero-order valence-corrected chi connectivity index (χ0v) is 19.8. The van der Waals surface area contributed by atoms with Gasteiger partial charge in [-0.1, -0.05) is 49.3 Å². The Hall–Kier alpha value is -0.590. The smallest absolute Gasteiger partial charge is 0.400 e. The molecule has 0 aromatic heterocycles. The van der Waals surface area contributed by atoms with Crippen LogP contribution in [-0.2, 0) is 4.74 Å². The summed E-state index contributed by atoms with van der Waals surface area (Å²) in [6.45, 7) is 4.26. The summed E-state index contributed by atoms with van der Waals surface area (Å²) >= 11 is 2.26. The number of alkyl halides is 3. The highest BCUT2D eigenvalue weighted by Crippen LogP contribution is 2.46. The second-order valence-corrected chi connectivity index (χ2v) is 10.8. The summed E-state index contributed by atoms with van der Waals surface area (Å²) in [7, 11) is 0. The van der Waals surface area contributed by atoms with Gasteiger partial charge in [0.05, 0.1) is 5.92 Å². The van der Waals surface area contributed by atoms with Crippen molar-refractivity contribution in [2.45, 2.75) is 77.7 Å². The largest absolute Gasteiger partial charge is 0.508 e. The Morgan fingerprint density at radius 3 is 2.21 bits per heavy atom. The van der Waals surface area contributed by atoms with E-state index in [2.05, 4.69) is 29.5 Å². The van der Waals surface area contributed by atoms with Crippen LogP contribution in [0.4, 0.5) is 8.78 Å². The number of allylic oxidation sites excluding steroid dienone is 4. The third kappa shape index (κ3) is 6.20. The van der Waals surface area contributed by atoms with E-state index in [0.717, 1.165) is 35.5 Å². The van der Waals surface area contributed by atoms with E-state index in [1.807, 2.05) is 6.92 Å². The lowest BCUT2D eigenvalue weighted by molar-refractivity contribution is -0.254. The van der Waals surface area contributed by atoms with Gasteiger partial charge in [-0.25, -0.2) is 0 Å². The third-order valence-electron chi connectivity index (χ3n) is 7.23. The van der Waals surface area contributed by atoms with Crippen molar-refractivity contribution in [1.29, 1.82) is 0 Å². The highest BCUT2D eigenvalue weighted by atomic mass is 127. The molecule has 0 bridgehead atoms. The summed E-state index contributed by atoms with van der Waals surface area (Å²) in [5.74, 6) is 1.70. The zero-order valence-electron chi connectivity index (χ0n) is 17.7. The average molecular weight is 520 g/mol. The Labute approximate surface area is 188 Å². The van der Waals surface area contributed by atoms with E-state index >= 15 is 8.78 Å². The van der Waals surface area contributed by atoms with Gasteiger partial charge in [-0.05, 0) is 87.0 Å². The van der Waals surface area contributed by atoms with E-state index in [9.17, 15) is 5.11 Å². The zero-order chi connectivity index (χ0) is 21.1. The third-order valence-corrected chi connectivity index (χ3v) is 7.77. The maximum atomic E-state index is 15.0. The van der Waals surface area contributed by atoms with Gasteiger partial charge in [-0.15, -0.1) is 0 Å². The maximum Gasteiger partial charge on any atom is 0.400 e. The topological polar surface area (TPSA) is 29.5 Å². The van der Waals surface area contributed by atoms with Gasteiger partial charge in [0.2, 0.25) is 0 Å². The number of rotatable bonds is 6. The molecule has 0 aliphatic heterocycles. The minimum absolute atomic E-state index is 0.0952. The van der Waals surface area contributed by atoms with Crippen LogP contribution >= 0.6 is 22.6 Å². The molecule has 1 atom stereocenters. The molecule has 2 fully saturated rings. The fraction of sp³-hybridized carbons (Fsp3) is 0.750. The molecule has 5 heteroatoms. The second-order valence-electron chi connectivity index (χ2n) is 9.69. The Morgan fingerprint density at radius 2 is 1.62 bits per heavy atom. The lowest BCUT2D eigenvalue weighted by atomic mass is 9.69. The maximum absolute atomic E-state index is 15.0. The van der Waals surface area contributed by atoms with E-state index in [1.165, 1.54) is 37.8 Å². The van der Waals surface area contributed by atoms with Crippen LogP contribution in [-0.4, -0.2) is 15.6 Å². The van der Waals surface area contributed by atoms with E-state index in [1.54, 1.807) is 12.2 Å². The summed E-state index contributed by atoms with van der Waals surface area (Å²) in [5, 5.41) is 9.98. The fourth-order valence-electron chi connectivity index (χ4n) is 5.30. The van der Waals surface area contributed by atoms with Gasteiger partial charge in [0.25, 0.3) is 0 Å². The number of hydrogen-bond acceptors (Lipinski definition) is 2. The summed E-state index contributed by atoms with van der Waals surface area (Å²) in [4.78, 5) is 0. The minimum atomic E-state index is -3.17. The Kier molecular flexibility index (Phi) is 7.72. The first-order chi connectivity index (χ1) is 13.7. The first kappa shape index (κ1) is 23.1. The highest BCUT2D eigenvalue weighted by Gasteiger charge is 2.45. The first-order valence-corrected chi connectivity index (χ1v) is 12.7. The Morgan fingerprint density at radius 1 is 1.03 bits per heavy atom. The van der Waals surface area contributed by atoms with E-state index in [0.29, 0.717) is 18.8 Å². The molecule has 3 rings (SSSR count). The summed E-state index contributed by atoms with van der Waals surface area (Å²) in [6.07, 6.45) is 11.9. The number of ether oxygens (including phenoxy) is 1. The molecule has 0 saturated heterocycles. The molecule has 29 heavy (non-hydrogen) atoms. The molecule has 0 radical (unpaired) electrons. The van der Waals surface area contributed by atoms with Crippen molar-refractivity contribution in [3.63, 3.8) is 0 Å². The highest BCUT2D eigenvalue weighted by molar-refractivity contribution is 14.1. The molecule has 3 aliphatic rings. The van der Waals surface area contributed by atoms with Gasteiger partial charge in [0.15, 0.2) is 0 Å². The molecular weight excluding hydrogens is 485 g/mol. The molecule has 0 spiro atoms. The standard InChI is InChI=1S/C24H35F2IO2/c1-17-3-5-18(6-4-17)19-7-9-20(10-8-19)24(25,26)29-22-12-11-21(28)15-23(2,16-22)13-14-27/h11-12,15-20,28H,3-10,13-14H2,1-2H3. The van der Waals surface area contributed by atoms with Gasteiger partial charge < -0.3 is 9.84 Å². The average Bonchev–Trinajstić information content (AvgIpc) is 2.80. The number of halogens is 3. The van der Waals surface area contributed by atoms with Crippen molar-refractivity contribution in [1.82, 2.24) is 0 Å². The molecule has 2 saturated carbocycles. The first-order valence-electron chi connectivity index (χ1n) is 11.2. The van der Waals surface area contributed by atoms with Crippen molar-refractivity contribution in [3.8, 4) is 0 Å². The molecule has 3 aliphatic carbocycles. The Bertz CT molecular complexity index is 641. The summed E-state index contributed by atoms with van der Waals surface area (Å²) in [6, 6.07) is 0. The quantitative estimate of drug-likeness (QED) is 0.285. The molecule has 0 aromatic carbocycles. The van der Waals surface area contributed by atoms with E-state index in [4.69, 9.17) is 4.74 Å². The van der Waals surface area contributed by atoms with Gasteiger partial charge in [-0.2, -0.15) is 8.78 Å². The van der Waals surface area contributed by atoms with Crippen molar-refractivity contribution < 1.29 is 18.6 Å². The van der Waals surface area contributed by atoms with Crippen molar-refractivity contribution in [2.24, 2.45) is 29.1 Å². The Balaban J connectivity index is 1.60. The fourth-order valence-corrected chi connectivity index (χ4v) is 6.47. The van der Waals surface area contributed by atoms with Crippen LogP contribution in [0.5, 0.6) is 0 Å². The molecule has 0 amide bonds. The number of hydrogen-bond donors (Lipinski definition) is 1. The van der Waals surface area contributed by atoms with Crippen LogP contribution in [0, 0.1) is 29.1 Å². The van der Waals surface area contributed by atoms with Crippen LogP contribution in [0.2, 0.25) is 0 Å². The van der Waals surface area contributed by atoms with Gasteiger partial charge in [-0.3, -0.25) is 0 Å². The normalized spacial score (nSPS) is 36.2. The van der Waals surface area contributed by atoms with Crippen LogP contribution < -0.4 is 0 Å². The molecule has 0 heterocycles. The lowest BCUT2D eigenvalue weighted by Crippen LogP contribution is -2.36. The van der Waals surface area contributed by atoms with Crippen molar-refractivity contribution in [2.75, 3.05) is 4.43 Å². The molecule has 1 unspecified atom stereocenters. The molecule has 2 nitrogen and oxygen atoms in total. The molecule has 164 valence electrons. The monoisotopic (exact) mass is 520 g/mol. The number of aliphatic hydroxyl groups is 1. The van der Waals surface area contributed by atoms with E-state index in [-0.39, 0.29) is 11.5 Å².